The van der Waals surface area contributed by atoms with E-state index in [0.717, 1.165) is 6.20 Å². The molecule has 0 radical (unpaired) electrons. The molecule has 2 aromatic rings. The summed E-state index contributed by atoms with van der Waals surface area (Å²) < 4.78 is 40.1. The lowest BCUT2D eigenvalue weighted by Gasteiger charge is -2.09. The lowest BCUT2D eigenvalue weighted by Crippen LogP contribution is -2.15. The molecule has 0 aliphatic rings. The normalized spacial score (nSPS) is 11.3. The van der Waals surface area contributed by atoms with Crippen LogP contribution in [-0.4, -0.2) is 18.4 Å². The highest BCUT2D eigenvalue weighted by Gasteiger charge is 2.20. The Morgan fingerprint density at radius 1 is 1.37 bits per heavy atom. The van der Waals surface area contributed by atoms with Crippen molar-refractivity contribution < 1.29 is 12.8 Å². The number of anilines is 1. The second kappa shape index (κ2) is 5.40. The Labute approximate surface area is 122 Å². The molecule has 19 heavy (non-hydrogen) atoms. The van der Waals surface area contributed by atoms with Crippen molar-refractivity contribution >= 4 is 43.2 Å². The molecule has 2 aromatic heterocycles. The zero-order valence-electron chi connectivity index (χ0n) is 9.14. The summed E-state index contributed by atoms with van der Waals surface area (Å²) >= 11 is 8.82. The van der Waals surface area contributed by atoms with E-state index >= 15 is 0 Å². The van der Waals surface area contributed by atoms with Gasteiger partial charge in [0.05, 0.1) is 11.9 Å². The number of hydrogen-bond acceptors (Lipinski definition) is 4. The Hall–Kier alpha value is -1.25. The van der Waals surface area contributed by atoms with E-state index in [4.69, 9.17) is 11.6 Å². The molecule has 0 aromatic carbocycles. The smallest absolute Gasteiger partial charge is 0.265 e. The minimum atomic E-state index is -4.03. The Kier molecular flexibility index (Phi) is 4.02. The summed E-state index contributed by atoms with van der Waals surface area (Å²) in [7, 11) is -4.03. The monoisotopic (exact) mass is 365 g/mol. The Morgan fingerprint density at radius 3 is 2.79 bits per heavy atom. The topological polar surface area (TPSA) is 72.0 Å². The van der Waals surface area contributed by atoms with Gasteiger partial charge in [0.2, 0.25) is 0 Å². The van der Waals surface area contributed by atoms with Gasteiger partial charge in [0.15, 0.2) is 5.82 Å². The lowest BCUT2D eigenvalue weighted by atomic mass is 10.4. The number of pyridine rings is 2. The standard InChI is InChI=1S/C10H6BrClFN3O2S/c11-6-3-9(10(12)15-4-6)19(17,18)16-8-1-2-14-5-7(8)13/h1-5H,(H,14,16). The second-order valence-corrected chi connectivity index (χ2v) is 6.33. The summed E-state index contributed by atoms with van der Waals surface area (Å²) in [5, 5.41) is -0.204. The van der Waals surface area contributed by atoms with E-state index in [2.05, 4.69) is 30.6 Å². The number of hydrogen-bond donors (Lipinski definition) is 1. The maximum atomic E-state index is 13.4. The van der Waals surface area contributed by atoms with E-state index in [0.29, 0.717) is 4.47 Å². The zero-order valence-corrected chi connectivity index (χ0v) is 12.3. The quantitative estimate of drug-likeness (QED) is 0.848. The van der Waals surface area contributed by atoms with E-state index in [9.17, 15) is 12.8 Å². The van der Waals surface area contributed by atoms with Crippen molar-refractivity contribution in [2.45, 2.75) is 4.90 Å². The van der Waals surface area contributed by atoms with Crippen LogP contribution in [0, 0.1) is 5.82 Å². The van der Waals surface area contributed by atoms with Crippen LogP contribution in [0.15, 0.2) is 40.1 Å². The van der Waals surface area contributed by atoms with Gasteiger partial charge in [-0.05, 0) is 28.1 Å². The molecule has 0 bridgehead atoms. The largest absolute Gasteiger partial charge is 0.276 e. The highest BCUT2D eigenvalue weighted by Crippen LogP contribution is 2.25. The summed E-state index contributed by atoms with van der Waals surface area (Å²) in [6.45, 7) is 0. The first-order valence-corrected chi connectivity index (χ1v) is 7.49. The molecule has 0 aliphatic carbocycles. The van der Waals surface area contributed by atoms with Crippen molar-refractivity contribution in [3.05, 3.63) is 46.2 Å². The molecule has 1 N–H and O–H groups in total. The fraction of sp³-hybridized carbons (Fsp3) is 0. The molecule has 2 heterocycles. The van der Waals surface area contributed by atoms with Crippen LogP contribution in [0.1, 0.15) is 0 Å². The van der Waals surface area contributed by atoms with Gasteiger partial charge >= 0.3 is 0 Å². The molecule has 2 rings (SSSR count). The van der Waals surface area contributed by atoms with Gasteiger partial charge in [0, 0.05) is 16.9 Å². The van der Waals surface area contributed by atoms with Gasteiger partial charge in [-0.1, -0.05) is 11.6 Å². The summed E-state index contributed by atoms with van der Waals surface area (Å²) in [5.41, 5.74) is -0.217. The minimum Gasteiger partial charge on any atom is -0.276 e. The van der Waals surface area contributed by atoms with Crippen LogP contribution in [0.25, 0.3) is 0 Å². The van der Waals surface area contributed by atoms with Crippen LogP contribution >= 0.6 is 27.5 Å². The number of nitrogens with one attached hydrogen (secondary N) is 1. The Bertz CT molecular complexity index is 726. The molecular weight excluding hydrogens is 361 g/mol. The maximum Gasteiger partial charge on any atom is 0.265 e. The maximum absolute atomic E-state index is 13.4. The van der Waals surface area contributed by atoms with Gasteiger partial charge in [-0.15, -0.1) is 0 Å². The van der Waals surface area contributed by atoms with Crippen LogP contribution in [0.3, 0.4) is 0 Å². The highest BCUT2D eigenvalue weighted by molar-refractivity contribution is 9.10. The molecule has 0 atom stereocenters. The molecule has 5 nitrogen and oxygen atoms in total. The lowest BCUT2D eigenvalue weighted by molar-refractivity contribution is 0.597. The molecule has 0 fully saturated rings. The number of nitrogens with zero attached hydrogens (tertiary/aromatic N) is 2. The third-order valence-corrected chi connectivity index (χ3v) is 4.31. The van der Waals surface area contributed by atoms with Crippen LogP contribution in [0.5, 0.6) is 0 Å². The van der Waals surface area contributed by atoms with Crippen LogP contribution in [0.4, 0.5) is 10.1 Å². The Morgan fingerprint density at radius 2 is 2.11 bits per heavy atom. The van der Waals surface area contributed by atoms with E-state index in [1.165, 1.54) is 24.5 Å². The second-order valence-electron chi connectivity index (χ2n) is 3.40. The zero-order chi connectivity index (χ0) is 14.0. The van der Waals surface area contributed by atoms with Crippen molar-refractivity contribution in [2.75, 3.05) is 4.72 Å². The van der Waals surface area contributed by atoms with Gasteiger partial charge < -0.3 is 0 Å². The van der Waals surface area contributed by atoms with Crippen LogP contribution < -0.4 is 4.72 Å². The third kappa shape index (κ3) is 3.20. The van der Waals surface area contributed by atoms with E-state index in [-0.39, 0.29) is 15.7 Å². The third-order valence-electron chi connectivity index (χ3n) is 2.08. The molecule has 0 unspecified atom stereocenters. The van der Waals surface area contributed by atoms with Gasteiger partial charge in [-0.25, -0.2) is 17.8 Å². The molecular formula is C10H6BrClFN3O2S. The van der Waals surface area contributed by atoms with Crippen LogP contribution in [-0.2, 0) is 10.0 Å². The average molecular weight is 367 g/mol. The SMILES string of the molecule is O=S(=O)(Nc1ccncc1F)c1cc(Br)cnc1Cl. The highest BCUT2D eigenvalue weighted by atomic mass is 79.9. The predicted molar refractivity (Wildman–Crippen MR) is 72.0 cm³/mol. The minimum absolute atomic E-state index is 0.204. The fourth-order valence-electron chi connectivity index (χ4n) is 1.25. The van der Waals surface area contributed by atoms with E-state index < -0.39 is 15.8 Å². The van der Waals surface area contributed by atoms with Gasteiger partial charge in [-0.3, -0.25) is 9.71 Å². The van der Waals surface area contributed by atoms with Crippen molar-refractivity contribution in [3.63, 3.8) is 0 Å². The van der Waals surface area contributed by atoms with Crippen molar-refractivity contribution in [1.82, 2.24) is 9.97 Å². The number of sulfonamides is 1. The van der Waals surface area contributed by atoms with Gasteiger partial charge in [0.25, 0.3) is 10.0 Å². The summed E-state index contributed by atoms with van der Waals surface area (Å²) in [6.07, 6.45) is 3.52. The number of rotatable bonds is 3. The first-order chi connectivity index (χ1) is 8.90. The molecule has 0 aliphatic heterocycles. The number of halogens is 3. The van der Waals surface area contributed by atoms with E-state index in [1.807, 2.05) is 0 Å². The molecule has 100 valence electrons. The predicted octanol–water partition coefficient (Wildman–Crippen LogP) is 2.83. The summed E-state index contributed by atoms with van der Waals surface area (Å²) in [5.74, 6) is -0.787. The summed E-state index contributed by atoms with van der Waals surface area (Å²) in [6, 6.07) is 2.48. The molecule has 0 amide bonds. The first kappa shape index (κ1) is 14.2. The summed E-state index contributed by atoms with van der Waals surface area (Å²) in [4.78, 5) is 6.98. The Balaban J connectivity index is 2.44. The first-order valence-electron chi connectivity index (χ1n) is 4.83. The van der Waals surface area contributed by atoms with Crippen LogP contribution in [0.2, 0.25) is 5.15 Å². The average Bonchev–Trinajstić information content (AvgIpc) is 2.35. The number of aromatic nitrogens is 2. The molecule has 0 spiro atoms. The van der Waals surface area contributed by atoms with Gasteiger partial charge in [0.1, 0.15) is 10.0 Å². The molecule has 9 heteroatoms. The fourth-order valence-corrected chi connectivity index (χ4v) is 3.26. The molecule has 0 saturated heterocycles. The van der Waals surface area contributed by atoms with Crippen molar-refractivity contribution in [1.29, 1.82) is 0 Å². The van der Waals surface area contributed by atoms with Gasteiger partial charge in [-0.2, -0.15) is 0 Å². The van der Waals surface area contributed by atoms with Crippen molar-refractivity contribution in [3.8, 4) is 0 Å². The van der Waals surface area contributed by atoms with E-state index in [1.54, 1.807) is 0 Å². The molecule has 0 saturated carbocycles. The van der Waals surface area contributed by atoms with Crippen molar-refractivity contribution in [2.24, 2.45) is 0 Å².